The van der Waals surface area contributed by atoms with E-state index in [2.05, 4.69) is 21.7 Å². The Morgan fingerprint density at radius 3 is 2.85 bits per heavy atom. The van der Waals surface area contributed by atoms with E-state index >= 15 is 0 Å². The Balaban J connectivity index is 1.77. The number of rotatable bonds is 5. The van der Waals surface area contributed by atoms with Crippen molar-refractivity contribution < 1.29 is 4.79 Å². The molecule has 1 amide bonds. The smallest absolute Gasteiger partial charge is 0.272 e. The summed E-state index contributed by atoms with van der Waals surface area (Å²) in [5, 5.41) is 7.15. The lowest BCUT2D eigenvalue weighted by Crippen LogP contribution is -2.33. The van der Waals surface area contributed by atoms with Crippen molar-refractivity contribution in [2.45, 2.75) is 25.4 Å². The van der Waals surface area contributed by atoms with Gasteiger partial charge in [0, 0.05) is 19.6 Å². The second-order valence-corrected chi connectivity index (χ2v) is 5.76. The summed E-state index contributed by atoms with van der Waals surface area (Å²) in [5.74, 6) is 0.0290. The number of aromatic nitrogens is 1. The third kappa shape index (κ3) is 2.82. The number of thiophene rings is 1. The summed E-state index contributed by atoms with van der Waals surface area (Å²) >= 11 is 1.66. The van der Waals surface area contributed by atoms with E-state index in [4.69, 9.17) is 0 Å². The molecule has 0 radical (unpaired) electrons. The van der Waals surface area contributed by atoms with Crippen LogP contribution in [0.4, 0.5) is 5.69 Å². The zero-order valence-electron chi connectivity index (χ0n) is 11.4. The van der Waals surface area contributed by atoms with Crippen LogP contribution in [-0.4, -0.2) is 28.9 Å². The van der Waals surface area contributed by atoms with E-state index < -0.39 is 0 Å². The number of pyridine rings is 1. The average molecular weight is 287 g/mol. The number of nitrogens with one attached hydrogen (secondary N) is 1. The molecule has 4 nitrogen and oxygen atoms in total. The van der Waals surface area contributed by atoms with Gasteiger partial charge in [-0.2, -0.15) is 11.3 Å². The predicted molar refractivity (Wildman–Crippen MR) is 81.0 cm³/mol. The largest absolute Gasteiger partial charge is 0.387 e. The molecule has 20 heavy (non-hydrogen) atoms. The lowest BCUT2D eigenvalue weighted by Gasteiger charge is -2.21. The highest BCUT2D eigenvalue weighted by Crippen LogP contribution is 2.30. The van der Waals surface area contributed by atoms with E-state index in [0.29, 0.717) is 18.3 Å². The van der Waals surface area contributed by atoms with Crippen LogP contribution in [0.25, 0.3) is 0 Å². The van der Waals surface area contributed by atoms with Gasteiger partial charge in [-0.15, -0.1) is 0 Å². The highest BCUT2D eigenvalue weighted by atomic mass is 32.1. The first-order valence-electron chi connectivity index (χ1n) is 6.74. The highest BCUT2D eigenvalue weighted by Gasteiger charge is 2.33. The van der Waals surface area contributed by atoms with Crippen LogP contribution in [0.3, 0.4) is 0 Å². The van der Waals surface area contributed by atoms with Crippen LogP contribution in [0.15, 0.2) is 35.2 Å². The van der Waals surface area contributed by atoms with Crippen LogP contribution in [0.5, 0.6) is 0 Å². The van der Waals surface area contributed by atoms with Gasteiger partial charge in [-0.05, 0) is 47.4 Å². The zero-order valence-corrected chi connectivity index (χ0v) is 12.2. The molecule has 104 valence electrons. The number of hydrogen-bond donors (Lipinski definition) is 1. The molecular weight excluding hydrogens is 270 g/mol. The van der Waals surface area contributed by atoms with Crippen LogP contribution in [-0.2, 0) is 6.54 Å². The number of hydrogen-bond acceptors (Lipinski definition) is 4. The second-order valence-electron chi connectivity index (χ2n) is 4.98. The maximum Gasteiger partial charge on any atom is 0.272 e. The molecular formula is C15H17N3OS. The first-order valence-corrected chi connectivity index (χ1v) is 7.68. The van der Waals surface area contributed by atoms with Crippen LogP contribution in [0.1, 0.15) is 28.9 Å². The van der Waals surface area contributed by atoms with E-state index in [1.54, 1.807) is 23.6 Å². The van der Waals surface area contributed by atoms with E-state index in [0.717, 1.165) is 18.5 Å². The van der Waals surface area contributed by atoms with E-state index in [1.807, 2.05) is 23.4 Å². The molecule has 1 N–H and O–H groups in total. The monoisotopic (exact) mass is 287 g/mol. The molecule has 2 aromatic rings. The van der Waals surface area contributed by atoms with Crippen molar-refractivity contribution in [2.75, 3.05) is 12.4 Å². The van der Waals surface area contributed by atoms with Gasteiger partial charge >= 0.3 is 0 Å². The summed E-state index contributed by atoms with van der Waals surface area (Å²) in [7, 11) is 1.84. The Labute approximate surface area is 122 Å². The van der Waals surface area contributed by atoms with Crippen molar-refractivity contribution in [2.24, 2.45) is 0 Å². The quantitative estimate of drug-likeness (QED) is 0.919. The van der Waals surface area contributed by atoms with Crippen LogP contribution < -0.4 is 5.32 Å². The molecule has 5 heteroatoms. The summed E-state index contributed by atoms with van der Waals surface area (Å²) in [5.41, 5.74) is 2.63. The molecule has 3 rings (SSSR count). The lowest BCUT2D eigenvalue weighted by atomic mass is 10.2. The van der Waals surface area contributed by atoms with Crippen molar-refractivity contribution in [3.8, 4) is 0 Å². The first kappa shape index (κ1) is 13.1. The van der Waals surface area contributed by atoms with Crippen molar-refractivity contribution >= 4 is 22.9 Å². The molecule has 0 unspecified atom stereocenters. The SMILES string of the molecule is CNc1ccc(C(=O)N(Cc2ccsc2)C2CC2)nc1. The first-order chi connectivity index (χ1) is 9.78. The molecule has 0 spiro atoms. The van der Waals surface area contributed by atoms with Gasteiger partial charge in [0.15, 0.2) is 0 Å². The predicted octanol–water partition coefficient (Wildman–Crippen LogP) is 2.99. The fourth-order valence-electron chi connectivity index (χ4n) is 2.15. The van der Waals surface area contributed by atoms with E-state index in [9.17, 15) is 4.79 Å². The van der Waals surface area contributed by atoms with Crippen LogP contribution >= 0.6 is 11.3 Å². The van der Waals surface area contributed by atoms with Crippen molar-refractivity contribution in [3.05, 3.63) is 46.4 Å². The summed E-state index contributed by atoms with van der Waals surface area (Å²) in [6.07, 6.45) is 3.90. The van der Waals surface area contributed by atoms with Gasteiger partial charge < -0.3 is 10.2 Å². The van der Waals surface area contributed by atoms with E-state index in [-0.39, 0.29) is 5.91 Å². The van der Waals surface area contributed by atoms with Crippen molar-refractivity contribution in [1.29, 1.82) is 0 Å². The Kier molecular flexibility index (Phi) is 3.69. The average Bonchev–Trinajstić information content (AvgIpc) is 3.21. The Hall–Kier alpha value is -1.88. The summed E-state index contributed by atoms with van der Waals surface area (Å²) < 4.78 is 0. The normalized spacial score (nSPS) is 14.1. The number of anilines is 1. The van der Waals surface area contributed by atoms with Gasteiger partial charge in [0.05, 0.1) is 11.9 Å². The molecule has 1 aliphatic rings. The molecule has 1 fully saturated rings. The van der Waals surface area contributed by atoms with Crippen LogP contribution in [0.2, 0.25) is 0 Å². The number of amides is 1. The third-order valence-corrected chi connectivity index (χ3v) is 4.18. The molecule has 0 saturated heterocycles. The summed E-state index contributed by atoms with van der Waals surface area (Å²) in [6.45, 7) is 0.683. The van der Waals surface area contributed by atoms with Gasteiger partial charge in [-0.1, -0.05) is 0 Å². The Bertz CT molecular complexity index is 576. The maximum atomic E-state index is 12.6. The Morgan fingerprint density at radius 2 is 2.30 bits per heavy atom. The second kappa shape index (κ2) is 5.63. The van der Waals surface area contributed by atoms with E-state index in [1.165, 1.54) is 5.56 Å². The van der Waals surface area contributed by atoms with Gasteiger partial charge in [0.25, 0.3) is 5.91 Å². The molecule has 0 atom stereocenters. The van der Waals surface area contributed by atoms with Crippen molar-refractivity contribution in [3.63, 3.8) is 0 Å². The molecule has 0 aromatic carbocycles. The minimum atomic E-state index is 0.0290. The summed E-state index contributed by atoms with van der Waals surface area (Å²) in [6, 6.07) is 6.13. The highest BCUT2D eigenvalue weighted by molar-refractivity contribution is 7.07. The Morgan fingerprint density at radius 1 is 1.45 bits per heavy atom. The summed E-state index contributed by atoms with van der Waals surface area (Å²) in [4.78, 5) is 18.8. The van der Waals surface area contributed by atoms with Gasteiger partial charge in [-0.3, -0.25) is 4.79 Å². The standard InChI is InChI=1S/C15H17N3OS/c1-16-12-2-5-14(17-8-12)15(19)18(13-3-4-13)9-11-6-7-20-10-11/h2,5-8,10,13,16H,3-4,9H2,1H3. The van der Waals surface area contributed by atoms with Gasteiger partial charge in [0.1, 0.15) is 5.69 Å². The van der Waals surface area contributed by atoms with Crippen molar-refractivity contribution in [1.82, 2.24) is 9.88 Å². The van der Waals surface area contributed by atoms with Gasteiger partial charge in [-0.25, -0.2) is 4.98 Å². The third-order valence-electron chi connectivity index (χ3n) is 3.45. The number of nitrogens with zero attached hydrogens (tertiary/aromatic N) is 2. The maximum absolute atomic E-state index is 12.6. The number of carbonyl (C=O) groups excluding carboxylic acids is 1. The minimum Gasteiger partial charge on any atom is -0.387 e. The lowest BCUT2D eigenvalue weighted by molar-refractivity contribution is 0.0724. The molecule has 0 aliphatic heterocycles. The fourth-order valence-corrected chi connectivity index (χ4v) is 2.81. The van der Waals surface area contributed by atoms with Crippen LogP contribution in [0, 0.1) is 0 Å². The fraction of sp³-hybridized carbons (Fsp3) is 0.333. The zero-order chi connectivity index (χ0) is 13.9. The molecule has 1 aliphatic carbocycles. The molecule has 0 bridgehead atoms. The number of carbonyl (C=O) groups is 1. The molecule has 2 heterocycles. The molecule has 2 aromatic heterocycles. The van der Waals surface area contributed by atoms with Gasteiger partial charge in [0.2, 0.25) is 0 Å². The topological polar surface area (TPSA) is 45.2 Å². The molecule has 1 saturated carbocycles. The minimum absolute atomic E-state index is 0.0290.